The molecule has 0 amide bonds. The third-order valence-electron chi connectivity index (χ3n) is 9.88. The summed E-state index contributed by atoms with van der Waals surface area (Å²) in [5, 5.41) is 22.2. The molecule has 2 aliphatic carbocycles. The predicted octanol–water partition coefficient (Wildman–Crippen LogP) is 6.92. The van der Waals surface area contributed by atoms with E-state index in [1.807, 2.05) is 76.1 Å². The molecular weight excluding hydrogens is 711 g/mol. The highest BCUT2D eigenvalue weighted by Crippen LogP contribution is 2.38. The summed E-state index contributed by atoms with van der Waals surface area (Å²) in [6.45, 7) is 0.632. The van der Waals surface area contributed by atoms with Gasteiger partial charge >= 0.3 is 0 Å². The summed E-state index contributed by atoms with van der Waals surface area (Å²) in [5.74, 6) is 0.887. The summed E-state index contributed by atoms with van der Waals surface area (Å²) in [5.41, 5.74) is 18.8. The Bertz CT molecular complexity index is 2370. The van der Waals surface area contributed by atoms with Crippen molar-refractivity contribution < 1.29 is 9.84 Å². The number of benzene rings is 3. The molecule has 12 nitrogen and oxygen atoms in total. The van der Waals surface area contributed by atoms with Crippen LogP contribution in [0.5, 0.6) is 0 Å². The molecule has 0 radical (unpaired) electrons. The Kier molecular flexibility index (Phi) is 9.93. The second-order valence-corrected chi connectivity index (χ2v) is 14.5. The molecule has 0 atom stereocenters. The second-order valence-electron chi connectivity index (χ2n) is 13.6. The molecule has 4 aromatic heterocycles. The zero-order valence-electron chi connectivity index (χ0n) is 28.8. The van der Waals surface area contributed by atoms with Gasteiger partial charge in [0.25, 0.3) is 0 Å². The van der Waals surface area contributed by atoms with Gasteiger partial charge in [-0.15, -0.1) is 0 Å². The summed E-state index contributed by atoms with van der Waals surface area (Å²) in [4.78, 5) is 17.1. The molecule has 2 aliphatic rings. The first-order valence-corrected chi connectivity index (χ1v) is 18.3. The Labute approximate surface area is 315 Å². The number of nitrogens with zero attached hydrogens (tertiary/aromatic N) is 8. The normalized spacial score (nSPS) is 19.4. The number of fused-ring (bicyclic) bond motifs is 2. The molecule has 0 aliphatic heterocycles. The van der Waals surface area contributed by atoms with E-state index in [0.29, 0.717) is 54.0 Å². The molecule has 0 bridgehead atoms. The van der Waals surface area contributed by atoms with Gasteiger partial charge in [-0.25, -0.2) is 29.3 Å². The molecule has 7 aromatic rings. The molecule has 0 spiro atoms. The zero-order valence-corrected chi connectivity index (χ0v) is 30.3. The van der Waals surface area contributed by atoms with Gasteiger partial charge in [-0.05, 0) is 66.6 Å². The smallest absolute Gasteiger partial charge is 0.163 e. The Morgan fingerprint density at radius 2 is 1.13 bits per heavy atom. The van der Waals surface area contributed by atoms with Gasteiger partial charge in [0.05, 0.1) is 53.1 Å². The number of ether oxygens (including phenoxy) is 1. The summed E-state index contributed by atoms with van der Waals surface area (Å²) < 4.78 is 9.92. The van der Waals surface area contributed by atoms with Crippen molar-refractivity contribution in [3.8, 4) is 0 Å². The van der Waals surface area contributed by atoms with E-state index in [4.69, 9.17) is 49.6 Å². The van der Waals surface area contributed by atoms with Crippen molar-refractivity contribution in [3.63, 3.8) is 0 Å². The maximum atomic E-state index is 9.57. The van der Waals surface area contributed by atoms with Crippen LogP contribution in [0, 0.1) is 0 Å². The summed E-state index contributed by atoms with van der Waals surface area (Å²) in [6, 6.07) is 26.1. The van der Waals surface area contributed by atoms with Crippen LogP contribution >= 0.6 is 23.2 Å². The fraction of sp³-hybridized carbons (Fsp3) is 0.282. The summed E-state index contributed by atoms with van der Waals surface area (Å²) in [7, 11) is 0. The van der Waals surface area contributed by atoms with Crippen molar-refractivity contribution in [2.45, 2.75) is 69.4 Å². The van der Waals surface area contributed by atoms with Crippen LogP contribution in [-0.2, 0) is 24.2 Å². The van der Waals surface area contributed by atoms with Gasteiger partial charge in [0, 0.05) is 22.9 Å². The van der Waals surface area contributed by atoms with E-state index < -0.39 is 0 Å². The molecular formula is C39H38Cl2N10O2. The van der Waals surface area contributed by atoms with Crippen LogP contribution in [0.4, 0.5) is 11.6 Å². The fourth-order valence-electron chi connectivity index (χ4n) is 6.99. The average molecular weight is 750 g/mol. The highest BCUT2D eigenvalue weighted by Gasteiger charge is 2.35. The molecule has 53 heavy (non-hydrogen) atoms. The molecule has 2 saturated carbocycles. The molecule has 2 fully saturated rings. The van der Waals surface area contributed by atoms with Crippen molar-refractivity contribution in [2.24, 2.45) is 0 Å². The van der Waals surface area contributed by atoms with Crippen molar-refractivity contribution in [1.29, 1.82) is 0 Å². The molecule has 0 unspecified atom stereocenters. The number of nitrogens with two attached hydrogens (primary N) is 2. The largest absolute Gasteiger partial charge is 0.393 e. The molecule has 4 heterocycles. The highest BCUT2D eigenvalue weighted by atomic mass is 35.5. The van der Waals surface area contributed by atoms with Gasteiger partial charge in [-0.3, -0.25) is 0 Å². The Balaban J connectivity index is 0.000000156. The van der Waals surface area contributed by atoms with Crippen LogP contribution < -0.4 is 11.5 Å². The first-order chi connectivity index (χ1) is 25.8. The van der Waals surface area contributed by atoms with Crippen molar-refractivity contribution in [1.82, 2.24) is 39.5 Å². The van der Waals surface area contributed by atoms with E-state index in [9.17, 15) is 5.11 Å². The number of nitrogen functional groups attached to an aromatic ring is 2. The van der Waals surface area contributed by atoms with Crippen LogP contribution in [0.15, 0.2) is 91.5 Å². The Morgan fingerprint density at radius 1 is 0.642 bits per heavy atom. The lowest BCUT2D eigenvalue weighted by molar-refractivity contribution is -0.0375. The quantitative estimate of drug-likeness (QED) is 0.141. The van der Waals surface area contributed by atoms with Gasteiger partial charge in [-0.2, -0.15) is 10.2 Å². The van der Waals surface area contributed by atoms with Crippen LogP contribution in [-0.4, -0.2) is 56.8 Å². The lowest BCUT2D eigenvalue weighted by Crippen LogP contribution is -2.34. The SMILES string of the molecule is Nc1ncnc2c1c(Cc1cccc(Cl)c1)nn2C1CC(O)C1.Nc1ncnc2c1c(Cc1cccc(Cl)c1)nn2C1CC(OCc2ccccc2)C1. The second kappa shape index (κ2) is 15.1. The number of aromatic nitrogens is 8. The third kappa shape index (κ3) is 7.54. The number of hydrogen-bond donors (Lipinski definition) is 3. The van der Waals surface area contributed by atoms with E-state index in [1.165, 1.54) is 18.2 Å². The van der Waals surface area contributed by atoms with Gasteiger partial charge in [-0.1, -0.05) is 77.8 Å². The first kappa shape index (κ1) is 34.9. The van der Waals surface area contributed by atoms with Gasteiger partial charge in [0.2, 0.25) is 0 Å². The maximum Gasteiger partial charge on any atom is 0.163 e. The number of aliphatic hydroxyl groups is 1. The summed E-state index contributed by atoms with van der Waals surface area (Å²) in [6.07, 6.45) is 7.36. The van der Waals surface area contributed by atoms with E-state index >= 15 is 0 Å². The standard InChI is InChI=1S/C23H22ClN5O.C16H16ClN5O/c24-17-8-4-7-16(9-17)10-20-21-22(25)26-14-27-23(21)29(28-20)18-11-19(12-18)30-13-15-5-2-1-3-6-15;17-10-3-1-2-9(4-10)5-13-14-15(18)19-8-20-16(14)22(21-13)11-6-12(23)7-11/h1-9,14,18-19H,10-13H2,(H2,25,26,27);1-4,8,11-12,23H,5-7H2,(H2,18,19,20). The van der Waals surface area contributed by atoms with E-state index in [-0.39, 0.29) is 24.3 Å². The fourth-order valence-corrected chi connectivity index (χ4v) is 7.42. The van der Waals surface area contributed by atoms with Crippen molar-refractivity contribution >= 4 is 56.9 Å². The lowest BCUT2D eigenvalue weighted by Gasteiger charge is -2.35. The minimum Gasteiger partial charge on any atom is -0.393 e. The summed E-state index contributed by atoms with van der Waals surface area (Å²) >= 11 is 12.2. The minimum atomic E-state index is -0.255. The lowest BCUT2D eigenvalue weighted by atomic mass is 9.89. The van der Waals surface area contributed by atoms with Crippen molar-refractivity contribution in [2.75, 3.05) is 11.5 Å². The van der Waals surface area contributed by atoms with Crippen LogP contribution in [0.25, 0.3) is 22.1 Å². The van der Waals surface area contributed by atoms with Crippen LogP contribution in [0.3, 0.4) is 0 Å². The van der Waals surface area contributed by atoms with E-state index in [1.54, 1.807) is 0 Å². The number of hydrogen-bond acceptors (Lipinski definition) is 10. The highest BCUT2D eigenvalue weighted by molar-refractivity contribution is 6.30. The molecule has 270 valence electrons. The average Bonchev–Trinajstić information content (AvgIpc) is 3.66. The maximum absolute atomic E-state index is 9.57. The number of aliphatic hydroxyl groups excluding tert-OH is 1. The molecule has 3 aromatic carbocycles. The number of rotatable bonds is 9. The predicted molar refractivity (Wildman–Crippen MR) is 206 cm³/mol. The first-order valence-electron chi connectivity index (χ1n) is 17.6. The van der Waals surface area contributed by atoms with Crippen LogP contribution in [0.2, 0.25) is 10.0 Å². The topological polar surface area (TPSA) is 169 Å². The Morgan fingerprint density at radius 3 is 1.62 bits per heavy atom. The molecule has 9 rings (SSSR count). The monoisotopic (exact) mass is 748 g/mol. The van der Waals surface area contributed by atoms with Gasteiger partial charge in [0.1, 0.15) is 24.3 Å². The van der Waals surface area contributed by atoms with Crippen molar-refractivity contribution in [3.05, 3.63) is 130 Å². The number of halogens is 2. The Hall–Kier alpha value is -5.14. The number of anilines is 2. The molecule has 0 saturated heterocycles. The zero-order chi connectivity index (χ0) is 36.5. The van der Waals surface area contributed by atoms with E-state index in [0.717, 1.165) is 57.4 Å². The van der Waals surface area contributed by atoms with Gasteiger partial charge in [0.15, 0.2) is 11.3 Å². The van der Waals surface area contributed by atoms with Gasteiger partial charge < -0.3 is 21.3 Å². The van der Waals surface area contributed by atoms with E-state index in [2.05, 4.69) is 32.1 Å². The minimum absolute atomic E-state index is 0.162. The molecule has 14 heteroatoms. The molecule has 5 N–H and O–H groups in total. The third-order valence-corrected chi connectivity index (χ3v) is 10.4. The van der Waals surface area contributed by atoms with Crippen LogP contribution in [0.1, 0.15) is 65.8 Å².